The lowest BCUT2D eigenvalue weighted by atomic mass is 10.0. The van der Waals surface area contributed by atoms with Gasteiger partial charge in [0.25, 0.3) is 0 Å². The van der Waals surface area contributed by atoms with Gasteiger partial charge in [-0.25, -0.2) is 22.9 Å². The van der Waals surface area contributed by atoms with Crippen molar-refractivity contribution in [3.05, 3.63) is 60.2 Å². The molecule has 0 saturated carbocycles. The van der Waals surface area contributed by atoms with E-state index in [1.807, 2.05) is 0 Å². The summed E-state index contributed by atoms with van der Waals surface area (Å²) in [6.07, 6.45) is 0. The Labute approximate surface area is 138 Å². The molecule has 0 aliphatic rings. The maximum Gasteiger partial charge on any atom is 0.336 e. The van der Waals surface area contributed by atoms with Crippen LogP contribution in [0.5, 0.6) is 0 Å². The fraction of sp³-hybridized carbons (Fsp3) is 0.0588. The van der Waals surface area contributed by atoms with Crippen molar-refractivity contribution in [2.45, 2.75) is 4.90 Å². The van der Waals surface area contributed by atoms with Crippen LogP contribution in [-0.2, 0) is 10.0 Å². The minimum absolute atomic E-state index is 0.132. The fourth-order valence-corrected chi connectivity index (χ4v) is 3.15. The largest absolute Gasteiger partial charge is 0.478 e. The maximum atomic E-state index is 11.8. The summed E-state index contributed by atoms with van der Waals surface area (Å²) < 4.78 is 25.8. The van der Waals surface area contributed by atoms with Gasteiger partial charge in [0.2, 0.25) is 10.0 Å². The van der Waals surface area contributed by atoms with Gasteiger partial charge in [-0.2, -0.15) is 0 Å². The summed E-state index contributed by atoms with van der Waals surface area (Å²) in [7, 11) is -2.18. The quantitative estimate of drug-likeness (QED) is 0.759. The molecule has 3 aromatic rings. The lowest BCUT2D eigenvalue weighted by molar-refractivity contribution is 0.0699. The van der Waals surface area contributed by atoms with E-state index in [0.29, 0.717) is 22.2 Å². The maximum absolute atomic E-state index is 11.8. The number of rotatable bonds is 4. The van der Waals surface area contributed by atoms with Crippen LogP contribution in [0, 0.1) is 0 Å². The molecule has 0 radical (unpaired) electrons. The van der Waals surface area contributed by atoms with E-state index >= 15 is 0 Å². The molecule has 0 fully saturated rings. The van der Waals surface area contributed by atoms with Crippen LogP contribution in [0.25, 0.3) is 22.2 Å². The number of hydrogen-bond acceptors (Lipinski definition) is 4. The summed E-state index contributed by atoms with van der Waals surface area (Å²) in [6, 6.07) is 14.6. The van der Waals surface area contributed by atoms with Gasteiger partial charge in [-0.05, 0) is 31.3 Å². The summed E-state index contributed by atoms with van der Waals surface area (Å²) in [5.41, 5.74) is 1.83. The molecular formula is C17H14N2O4S. The van der Waals surface area contributed by atoms with Crippen molar-refractivity contribution >= 4 is 26.9 Å². The van der Waals surface area contributed by atoms with Gasteiger partial charge in [-0.1, -0.05) is 30.3 Å². The standard InChI is InChI=1S/C17H14N2O4S/c1-18-24(22,23)12-8-6-11(7-9-12)16-10-14(17(20)21)13-4-2-3-5-15(13)19-16/h2-10,18H,1H3,(H,20,21). The molecule has 0 spiro atoms. The zero-order valence-electron chi connectivity index (χ0n) is 12.7. The molecule has 24 heavy (non-hydrogen) atoms. The van der Waals surface area contributed by atoms with Crippen LogP contribution in [0.1, 0.15) is 10.4 Å². The van der Waals surface area contributed by atoms with E-state index in [1.165, 1.54) is 25.2 Å². The van der Waals surface area contributed by atoms with E-state index < -0.39 is 16.0 Å². The molecule has 1 heterocycles. The molecule has 3 rings (SSSR count). The molecule has 6 nitrogen and oxygen atoms in total. The average molecular weight is 342 g/mol. The number of para-hydroxylation sites is 1. The Kier molecular flexibility index (Phi) is 4.04. The first-order chi connectivity index (χ1) is 11.4. The van der Waals surface area contributed by atoms with Crippen LogP contribution in [0.15, 0.2) is 59.5 Å². The lowest BCUT2D eigenvalue weighted by Gasteiger charge is -2.08. The number of sulfonamides is 1. The van der Waals surface area contributed by atoms with Crippen LogP contribution in [0.3, 0.4) is 0 Å². The van der Waals surface area contributed by atoms with Crippen molar-refractivity contribution in [2.24, 2.45) is 0 Å². The number of carboxylic acids is 1. The summed E-state index contributed by atoms with van der Waals surface area (Å²) >= 11 is 0. The Bertz CT molecular complexity index is 1030. The number of nitrogens with one attached hydrogen (secondary N) is 1. The van der Waals surface area contributed by atoms with Crippen molar-refractivity contribution < 1.29 is 18.3 Å². The molecule has 7 heteroatoms. The highest BCUT2D eigenvalue weighted by atomic mass is 32.2. The van der Waals surface area contributed by atoms with Gasteiger partial charge < -0.3 is 5.11 Å². The number of fused-ring (bicyclic) bond motifs is 1. The first-order valence-electron chi connectivity index (χ1n) is 7.09. The minimum atomic E-state index is -3.52. The van der Waals surface area contributed by atoms with E-state index in [-0.39, 0.29) is 10.5 Å². The number of aromatic carboxylic acids is 1. The highest BCUT2D eigenvalue weighted by Gasteiger charge is 2.14. The third kappa shape index (κ3) is 2.86. The second kappa shape index (κ2) is 6.03. The Morgan fingerprint density at radius 2 is 1.75 bits per heavy atom. The lowest BCUT2D eigenvalue weighted by Crippen LogP contribution is -2.18. The van der Waals surface area contributed by atoms with Gasteiger partial charge in [0.15, 0.2) is 0 Å². The number of carboxylic acid groups (broad SMARTS) is 1. The zero-order chi connectivity index (χ0) is 17.3. The van der Waals surface area contributed by atoms with Crippen LogP contribution in [0.4, 0.5) is 0 Å². The van der Waals surface area contributed by atoms with Crippen LogP contribution >= 0.6 is 0 Å². The molecule has 0 amide bonds. The van der Waals surface area contributed by atoms with Crippen molar-refractivity contribution in [3.8, 4) is 11.3 Å². The number of pyridine rings is 1. The summed E-state index contributed by atoms with van der Waals surface area (Å²) in [5, 5.41) is 9.98. The third-order valence-electron chi connectivity index (χ3n) is 3.68. The van der Waals surface area contributed by atoms with Gasteiger partial charge in [0.05, 0.1) is 21.7 Å². The molecule has 0 saturated heterocycles. The second-order valence-corrected chi connectivity index (χ2v) is 7.00. The van der Waals surface area contributed by atoms with E-state index in [9.17, 15) is 18.3 Å². The number of nitrogens with zero attached hydrogens (tertiary/aromatic N) is 1. The molecule has 2 aromatic carbocycles. The molecular weight excluding hydrogens is 328 g/mol. The first kappa shape index (κ1) is 16.1. The van der Waals surface area contributed by atoms with Crippen molar-refractivity contribution in [1.29, 1.82) is 0 Å². The number of carbonyl (C=O) groups is 1. The highest BCUT2D eigenvalue weighted by molar-refractivity contribution is 7.89. The number of benzene rings is 2. The smallest absolute Gasteiger partial charge is 0.336 e. The molecule has 1 aromatic heterocycles. The van der Waals surface area contributed by atoms with Gasteiger partial charge in [-0.3, -0.25) is 0 Å². The third-order valence-corrected chi connectivity index (χ3v) is 5.11. The average Bonchev–Trinajstić information content (AvgIpc) is 2.60. The van der Waals surface area contributed by atoms with E-state index in [2.05, 4.69) is 9.71 Å². The Balaban J connectivity index is 2.15. The Morgan fingerprint density at radius 3 is 2.38 bits per heavy atom. The first-order valence-corrected chi connectivity index (χ1v) is 8.58. The van der Waals surface area contributed by atoms with Crippen LogP contribution in [0.2, 0.25) is 0 Å². The van der Waals surface area contributed by atoms with Crippen molar-refractivity contribution in [1.82, 2.24) is 9.71 Å². The molecule has 0 aliphatic heterocycles. The Hall–Kier alpha value is -2.77. The second-order valence-electron chi connectivity index (χ2n) is 5.11. The monoisotopic (exact) mass is 342 g/mol. The molecule has 0 aliphatic carbocycles. The summed E-state index contributed by atoms with van der Waals surface area (Å²) in [6.45, 7) is 0. The van der Waals surface area contributed by atoms with Gasteiger partial charge in [-0.15, -0.1) is 0 Å². The zero-order valence-corrected chi connectivity index (χ0v) is 13.5. The topological polar surface area (TPSA) is 96.4 Å². The normalized spacial score (nSPS) is 11.5. The molecule has 0 atom stereocenters. The van der Waals surface area contributed by atoms with E-state index in [0.717, 1.165) is 0 Å². The van der Waals surface area contributed by atoms with Crippen molar-refractivity contribution in [3.63, 3.8) is 0 Å². The van der Waals surface area contributed by atoms with E-state index in [1.54, 1.807) is 36.4 Å². The molecule has 122 valence electrons. The Morgan fingerprint density at radius 1 is 1.08 bits per heavy atom. The predicted molar refractivity (Wildman–Crippen MR) is 90.4 cm³/mol. The SMILES string of the molecule is CNS(=O)(=O)c1ccc(-c2cc(C(=O)O)c3ccccc3n2)cc1. The van der Waals surface area contributed by atoms with Gasteiger partial charge >= 0.3 is 5.97 Å². The van der Waals surface area contributed by atoms with E-state index in [4.69, 9.17) is 0 Å². The minimum Gasteiger partial charge on any atom is -0.478 e. The fourth-order valence-electron chi connectivity index (χ4n) is 2.42. The number of hydrogen-bond donors (Lipinski definition) is 2. The molecule has 0 bridgehead atoms. The van der Waals surface area contributed by atoms with Crippen molar-refractivity contribution in [2.75, 3.05) is 7.05 Å². The number of aromatic nitrogens is 1. The van der Waals surface area contributed by atoms with Crippen LogP contribution < -0.4 is 4.72 Å². The summed E-state index contributed by atoms with van der Waals surface area (Å²) in [5.74, 6) is -1.04. The predicted octanol–water partition coefficient (Wildman–Crippen LogP) is 2.51. The molecule has 0 unspecified atom stereocenters. The highest BCUT2D eigenvalue weighted by Crippen LogP contribution is 2.25. The van der Waals surface area contributed by atoms with Gasteiger partial charge in [0.1, 0.15) is 0 Å². The van der Waals surface area contributed by atoms with Crippen LogP contribution in [-0.4, -0.2) is 31.5 Å². The van der Waals surface area contributed by atoms with Gasteiger partial charge in [0, 0.05) is 10.9 Å². The molecule has 2 N–H and O–H groups in total. The summed E-state index contributed by atoms with van der Waals surface area (Å²) in [4.78, 5) is 16.1.